The Morgan fingerprint density at radius 3 is 2.82 bits per heavy atom. The number of carbonyl (C=O) groups excluding carboxylic acids is 1. The quantitative estimate of drug-likeness (QED) is 0.444. The van der Waals surface area contributed by atoms with Gasteiger partial charge in [-0.05, 0) is 42.9 Å². The van der Waals surface area contributed by atoms with Crippen LogP contribution in [0.15, 0.2) is 55.2 Å². The Labute approximate surface area is 221 Å². The molecule has 2 aliphatic heterocycles. The number of amides is 1. The molecule has 1 N–H and O–H groups in total. The predicted octanol–water partition coefficient (Wildman–Crippen LogP) is 3.47. The molecule has 5 heterocycles. The van der Waals surface area contributed by atoms with Gasteiger partial charge in [-0.1, -0.05) is 24.3 Å². The minimum absolute atomic E-state index is 0.0198. The van der Waals surface area contributed by atoms with Gasteiger partial charge in [0.15, 0.2) is 0 Å². The van der Waals surface area contributed by atoms with Crippen LogP contribution in [-0.4, -0.2) is 72.7 Å². The topological polar surface area (TPSA) is 107 Å². The number of hydrogen-bond donors (Lipinski definition) is 1. The molecule has 38 heavy (non-hydrogen) atoms. The van der Waals surface area contributed by atoms with E-state index >= 15 is 0 Å². The number of aromatic nitrogens is 5. The summed E-state index contributed by atoms with van der Waals surface area (Å²) in [6.45, 7) is 3.19. The zero-order valence-corrected chi connectivity index (χ0v) is 21.3. The largest absolute Gasteiger partial charge is 0.346 e. The Kier molecular flexibility index (Phi) is 5.51. The third-order valence-electron chi connectivity index (χ3n) is 8.82. The molecule has 0 bridgehead atoms. The highest BCUT2D eigenvalue weighted by molar-refractivity contribution is 5.90. The molecular formula is C29H30N8O. The van der Waals surface area contributed by atoms with Crippen LogP contribution in [0.2, 0.25) is 0 Å². The van der Waals surface area contributed by atoms with Crippen LogP contribution in [0.1, 0.15) is 42.7 Å². The number of hydrogen-bond acceptors (Lipinski definition) is 6. The minimum atomic E-state index is -0.336. The number of nitrogens with zero attached hydrogens (tertiary/aromatic N) is 7. The molecule has 2 saturated heterocycles. The van der Waals surface area contributed by atoms with Crippen molar-refractivity contribution in [2.45, 2.75) is 49.6 Å². The van der Waals surface area contributed by atoms with Crippen LogP contribution in [0.3, 0.4) is 0 Å². The number of H-pyrrole nitrogens is 1. The van der Waals surface area contributed by atoms with Gasteiger partial charge in [0.1, 0.15) is 17.5 Å². The summed E-state index contributed by atoms with van der Waals surface area (Å²) < 4.78 is 1.97. The summed E-state index contributed by atoms with van der Waals surface area (Å²) in [6.07, 6.45) is 11.6. The van der Waals surface area contributed by atoms with Gasteiger partial charge in [0.25, 0.3) is 0 Å². The van der Waals surface area contributed by atoms with Gasteiger partial charge in [-0.15, -0.1) is 0 Å². The zero-order chi connectivity index (χ0) is 25.7. The monoisotopic (exact) mass is 506 g/mol. The predicted molar refractivity (Wildman–Crippen MR) is 142 cm³/mol. The Hall–Kier alpha value is -4.03. The molecule has 1 amide bonds. The third kappa shape index (κ3) is 3.71. The molecule has 192 valence electrons. The lowest BCUT2D eigenvalue weighted by Gasteiger charge is -2.53. The second-order valence-electron chi connectivity index (χ2n) is 10.9. The number of benzene rings is 1. The first kappa shape index (κ1) is 23.1. The maximum Gasteiger partial charge on any atom is 0.230 e. The van der Waals surface area contributed by atoms with Crippen molar-refractivity contribution in [1.82, 2.24) is 34.5 Å². The summed E-state index contributed by atoms with van der Waals surface area (Å²) in [6, 6.07) is 13.2. The number of nitriles is 1. The van der Waals surface area contributed by atoms with Gasteiger partial charge in [0.05, 0.1) is 30.3 Å². The van der Waals surface area contributed by atoms with Crippen LogP contribution >= 0.6 is 0 Å². The fraction of sp³-hybridized carbons (Fsp3) is 0.414. The summed E-state index contributed by atoms with van der Waals surface area (Å²) in [4.78, 5) is 29.8. The summed E-state index contributed by atoms with van der Waals surface area (Å²) >= 11 is 0. The van der Waals surface area contributed by atoms with Crippen molar-refractivity contribution in [2.75, 3.05) is 26.2 Å². The van der Waals surface area contributed by atoms with E-state index in [1.807, 2.05) is 35.4 Å². The molecule has 0 spiro atoms. The molecule has 1 unspecified atom stereocenters. The Balaban J connectivity index is 1.01. The summed E-state index contributed by atoms with van der Waals surface area (Å²) in [5.74, 6) is 0.313. The highest BCUT2D eigenvalue weighted by Gasteiger charge is 2.48. The van der Waals surface area contributed by atoms with Gasteiger partial charge in [-0.2, -0.15) is 10.4 Å². The lowest BCUT2D eigenvalue weighted by molar-refractivity contribution is -0.135. The first-order valence-corrected chi connectivity index (χ1v) is 13.5. The highest BCUT2D eigenvalue weighted by atomic mass is 16.2. The molecule has 2 fully saturated rings. The number of likely N-dealkylation sites (tertiary alicyclic amines) is 2. The Bertz CT molecular complexity index is 1530. The lowest BCUT2D eigenvalue weighted by Crippen LogP contribution is -2.66. The van der Waals surface area contributed by atoms with E-state index in [4.69, 9.17) is 0 Å². The van der Waals surface area contributed by atoms with E-state index in [-0.39, 0.29) is 11.5 Å². The molecule has 1 aromatic carbocycles. The van der Waals surface area contributed by atoms with E-state index in [1.165, 1.54) is 11.1 Å². The number of carbonyl (C=O) groups is 1. The van der Waals surface area contributed by atoms with Crippen LogP contribution < -0.4 is 0 Å². The SMILES string of the molecule is N#CCC1(n2cc(-c3ncnc4[nH]ccc34)cn2)CN(C2CCN(C(=O)C3CCc4ccccc43)CC2)C1. The molecule has 1 aliphatic carbocycles. The fourth-order valence-electron chi connectivity index (χ4n) is 6.75. The van der Waals surface area contributed by atoms with E-state index in [0.29, 0.717) is 18.4 Å². The second-order valence-corrected chi connectivity index (χ2v) is 10.9. The van der Waals surface area contributed by atoms with Gasteiger partial charge >= 0.3 is 0 Å². The molecule has 4 aromatic rings. The lowest BCUT2D eigenvalue weighted by atomic mass is 9.83. The number of aryl methyl sites for hydroxylation is 1. The highest BCUT2D eigenvalue weighted by Crippen LogP contribution is 2.38. The van der Waals surface area contributed by atoms with Gasteiger partial charge in [0.2, 0.25) is 5.91 Å². The van der Waals surface area contributed by atoms with E-state index in [0.717, 1.165) is 74.2 Å². The molecule has 1 atom stereocenters. The smallest absolute Gasteiger partial charge is 0.230 e. The molecular weight excluding hydrogens is 476 g/mol. The standard InChI is InChI=1S/C29H30N8O/c30-11-10-29(37-16-21(15-34-37)26-25-7-12-31-27(25)33-19-32-26)17-36(18-29)22-8-13-35(14-9-22)28(38)24-6-5-20-3-1-2-4-23(20)24/h1-4,7,12,15-16,19,22,24H,5-6,8-10,13-14,17-18H2,(H,31,32,33). The third-order valence-corrected chi connectivity index (χ3v) is 8.82. The molecule has 0 radical (unpaired) electrons. The number of nitrogens with one attached hydrogen (secondary N) is 1. The zero-order valence-electron chi connectivity index (χ0n) is 21.3. The van der Waals surface area contributed by atoms with Crippen molar-refractivity contribution in [3.63, 3.8) is 0 Å². The normalized spacial score (nSPS) is 21.2. The molecule has 9 nitrogen and oxygen atoms in total. The molecule has 7 rings (SSSR count). The van der Waals surface area contributed by atoms with Crippen LogP contribution in [0, 0.1) is 11.3 Å². The summed E-state index contributed by atoms with van der Waals surface area (Å²) in [7, 11) is 0. The van der Waals surface area contributed by atoms with E-state index in [9.17, 15) is 10.1 Å². The summed E-state index contributed by atoms with van der Waals surface area (Å²) in [5.41, 5.74) is 4.78. The summed E-state index contributed by atoms with van der Waals surface area (Å²) in [5, 5.41) is 15.3. The molecule has 3 aliphatic rings. The van der Waals surface area contributed by atoms with Crippen molar-refractivity contribution in [1.29, 1.82) is 5.26 Å². The molecule has 3 aromatic heterocycles. The van der Waals surface area contributed by atoms with E-state index in [1.54, 1.807) is 6.33 Å². The maximum atomic E-state index is 13.3. The van der Waals surface area contributed by atoms with Gasteiger partial charge in [-0.3, -0.25) is 14.4 Å². The second kappa shape index (κ2) is 9.07. The van der Waals surface area contributed by atoms with Crippen molar-refractivity contribution in [3.8, 4) is 17.3 Å². The van der Waals surface area contributed by atoms with Crippen molar-refractivity contribution in [3.05, 3.63) is 66.4 Å². The maximum absolute atomic E-state index is 13.3. The number of aromatic amines is 1. The Morgan fingerprint density at radius 1 is 1.13 bits per heavy atom. The Morgan fingerprint density at radius 2 is 1.97 bits per heavy atom. The van der Waals surface area contributed by atoms with Crippen LogP contribution in [-0.2, 0) is 16.8 Å². The first-order chi connectivity index (χ1) is 18.6. The van der Waals surface area contributed by atoms with E-state index < -0.39 is 0 Å². The average Bonchev–Trinajstić information content (AvgIpc) is 3.70. The van der Waals surface area contributed by atoms with Crippen molar-refractivity contribution < 1.29 is 4.79 Å². The van der Waals surface area contributed by atoms with Crippen molar-refractivity contribution in [2.24, 2.45) is 0 Å². The molecule has 0 saturated carbocycles. The van der Waals surface area contributed by atoms with Crippen LogP contribution in [0.5, 0.6) is 0 Å². The van der Waals surface area contributed by atoms with Crippen molar-refractivity contribution >= 4 is 16.9 Å². The fourth-order valence-corrected chi connectivity index (χ4v) is 6.75. The number of rotatable bonds is 5. The van der Waals surface area contributed by atoms with Crippen LogP contribution in [0.4, 0.5) is 0 Å². The molecule has 9 heteroatoms. The van der Waals surface area contributed by atoms with Gasteiger partial charge in [0, 0.05) is 55.6 Å². The average molecular weight is 507 g/mol. The number of piperidine rings is 1. The van der Waals surface area contributed by atoms with Gasteiger partial charge in [-0.25, -0.2) is 9.97 Å². The number of fused-ring (bicyclic) bond motifs is 2. The van der Waals surface area contributed by atoms with E-state index in [2.05, 4.69) is 54.1 Å². The minimum Gasteiger partial charge on any atom is -0.346 e. The van der Waals surface area contributed by atoms with Crippen LogP contribution in [0.25, 0.3) is 22.3 Å². The first-order valence-electron chi connectivity index (χ1n) is 13.5. The van der Waals surface area contributed by atoms with Gasteiger partial charge < -0.3 is 9.88 Å².